The molecule has 3 rings (SSSR count). The second kappa shape index (κ2) is 12.1. The Balaban J connectivity index is 1.59. The molecule has 0 aromatic heterocycles. The first-order chi connectivity index (χ1) is 15.9. The number of carbonyl (C=O) groups is 1. The van der Waals surface area contributed by atoms with E-state index in [2.05, 4.69) is 17.4 Å². The molecule has 3 aromatic carbocycles. The van der Waals surface area contributed by atoms with Gasteiger partial charge in [0.15, 0.2) is 0 Å². The summed E-state index contributed by atoms with van der Waals surface area (Å²) in [5.41, 5.74) is 2.71. The number of hydrogen-bond acceptors (Lipinski definition) is 4. The van der Waals surface area contributed by atoms with Crippen LogP contribution in [0.2, 0.25) is 5.02 Å². The fraction of sp³-hybridized carbons (Fsp3) is 0.240. The van der Waals surface area contributed by atoms with Crippen molar-refractivity contribution in [1.29, 1.82) is 0 Å². The quantitative estimate of drug-likeness (QED) is 0.362. The van der Waals surface area contributed by atoms with Crippen molar-refractivity contribution in [2.75, 3.05) is 23.1 Å². The van der Waals surface area contributed by atoms with Crippen LogP contribution in [0, 0.1) is 6.92 Å². The van der Waals surface area contributed by atoms with E-state index >= 15 is 0 Å². The van der Waals surface area contributed by atoms with E-state index in [0.29, 0.717) is 17.3 Å². The van der Waals surface area contributed by atoms with Crippen LogP contribution in [-0.4, -0.2) is 33.2 Å². The monoisotopic (exact) mass is 502 g/mol. The first-order valence-corrected chi connectivity index (χ1v) is 13.6. The minimum atomic E-state index is -3.94. The van der Waals surface area contributed by atoms with Crippen molar-refractivity contribution in [3.05, 3.63) is 95.0 Å². The average Bonchev–Trinajstić information content (AvgIpc) is 2.81. The van der Waals surface area contributed by atoms with Crippen LogP contribution in [0.4, 0.5) is 5.69 Å². The molecule has 0 spiro atoms. The van der Waals surface area contributed by atoms with E-state index in [1.54, 1.807) is 23.9 Å². The topological polar surface area (TPSA) is 66.5 Å². The van der Waals surface area contributed by atoms with Crippen LogP contribution >= 0.6 is 23.4 Å². The van der Waals surface area contributed by atoms with Gasteiger partial charge in [-0.2, -0.15) is 11.8 Å². The summed E-state index contributed by atoms with van der Waals surface area (Å²) in [6.45, 7) is 2.11. The summed E-state index contributed by atoms with van der Waals surface area (Å²) in [6.07, 6.45) is 0.803. The van der Waals surface area contributed by atoms with Crippen LogP contribution in [-0.2, 0) is 20.6 Å². The standard InChI is InChI=1S/C25H27ClN2O3S2/c1-20-8-12-23(13-9-20)28(33(30,31)24-14-10-22(26)11-15-24)18-25(29)27-16-5-17-32-19-21-6-3-2-4-7-21/h2-4,6-15H,5,16-19H2,1H3,(H,27,29). The second-order valence-electron chi connectivity index (χ2n) is 7.54. The summed E-state index contributed by atoms with van der Waals surface area (Å²) in [7, 11) is -3.94. The zero-order valence-electron chi connectivity index (χ0n) is 18.4. The lowest BCUT2D eigenvalue weighted by Gasteiger charge is -2.24. The van der Waals surface area contributed by atoms with Crippen LogP contribution < -0.4 is 9.62 Å². The molecule has 0 aliphatic carbocycles. The molecule has 1 amide bonds. The van der Waals surface area contributed by atoms with Crippen molar-refractivity contribution >= 4 is 45.0 Å². The molecule has 8 heteroatoms. The number of nitrogens with zero attached hydrogens (tertiary/aromatic N) is 1. The molecular weight excluding hydrogens is 476 g/mol. The number of carbonyl (C=O) groups excluding carboxylic acids is 1. The van der Waals surface area contributed by atoms with Gasteiger partial charge in [0.1, 0.15) is 6.54 Å². The van der Waals surface area contributed by atoms with Gasteiger partial charge in [-0.1, -0.05) is 59.6 Å². The lowest BCUT2D eigenvalue weighted by Crippen LogP contribution is -2.41. The highest BCUT2D eigenvalue weighted by molar-refractivity contribution is 7.98. The van der Waals surface area contributed by atoms with Gasteiger partial charge in [0.2, 0.25) is 5.91 Å². The SMILES string of the molecule is Cc1ccc(N(CC(=O)NCCCSCc2ccccc2)S(=O)(=O)c2ccc(Cl)cc2)cc1. The molecule has 0 radical (unpaired) electrons. The number of nitrogens with one attached hydrogen (secondary N) is 1. The number of anilines is 1. The maximum absolute atomic E-state index is 13.3. The zero-order chi connectivity index (χ0) is 23.7. The summed E-state index contributed by atoms with van der Waals surface area (Å²) >= 11 is 7.72. The van der Waals surface area contributed by atoms with Crippen molar-refractivity contribution in [2.24, 2.45) is 0 Å². The number of amides is 1. The number of thioether (sulfide) groups is 1. The Morgan fingerprint density at radius 3 is 2.30 bits per heavy atom. The summed E-state index contributed by atoms with van der Waals surface area (Å²) < 4.78 is 27.8. The molecule has 0 saturated heterocycles. The fourth-order valence-corrected chi connectivity index (χ4v) is 5.58. The van der Waals surface area contributed by atoms with E-state index in [0.717, 1.165) is 27.8 Å². The van der Waals surface area contributed by atoms with Crippen molar-refractivity contribution < 1.29 is 13.2 Å². The smallest absolute Gasteiger partial charge is 0.264 e. The summed E-state index contributed by atoms with van der Waals surface area (Å²) in [5, 5.41) is 3.29. The molecule has 0 unspecified atom stereocenters. The van der Waals surface area contributed by atoms with Crippen molar-refractivity contribution in [3.63, 3.8) is 0 Å². The second-order valence-corrected chi connectivity index (χ2v) is 10.9. The molecule has 0 bridgehead atoms. The Labute approximate surface area is 205 Å². The van der Waals surface area contributed by atoms with E-state index < -0.39 is 10.0 Å². The van der Waals surface area contributed by atoms with E-state index in [-0.39, 0.29) is 17.3 Å². The van der Waals surface area contributed by atoms with E-state index in [1.165, 1.54) is 29.8 Å². The molecule has 3 aromatic rings. The highest BCUT2D eigenvalue weighted by atomic mass is 35.5. The van der Waals surface area contributed by atoms with Crippen molar-refractivity contribution in [3.8, 4) is 0 Å². The Kier molecular flexibility index (Phi) is 9.23. The molecule has 0 aliphatic rings. The third-order valence-electron chi connectivity index (χ3n) is 4.91. The summed E-state index contributed by atoms with van der Waals surface area (Å²) in [5.74, 6) is 1.48. The fourth-order valence-electron chi connectivity index (χ4n) is 3.11. The minimum absolute atomic E-state index is 0.0811. The third-order valence-corrected chi connectivity index (χ3v) is 8.06. The molecule has 0 saturated carbocycles. The highest BCUT2D eigenvalue weighted by Crippen LogP contribution is 2.25. The molecule has 174 valence electrons. The summed E-state index contributed by atoms with van der Waals surface area (Å²) in [4.78, 5) is 12.7. The van der Waals surface area contributed by atoms with Gasteiger partial charge in [-0.3, -0.25) is 9.10 Å². The maximum atomic E-state index is 13.3. The molecule has 0 heterocycles. The molecule has 0 fully saturated rings. The van der Waals surface area contributed by atoms with E-state index in [9.17, 15) is 13.2 Å². The van der Waals surface area contributed by atoms with Crippen LogP contribution in [0.3, 0.4) is 0 Å². The molecule has 0 aliphatic heterocycles. The Bertz CT molecular complexity index is 1140. The highest BCUT2D eigenvalue weighted by Gasteiger charge is 2.27. The van der Waals surface area contributed by atoms with E-state index in [1.807, 2.05) is 37.3 Å². The van der Waals surface area contributed by atoms with Crippen LogP contribution in [0.1, 0.15) is 17.5 Å². The van der Waals surface area contributed by atoms with Crippen LogP contribution in [0.15, 0.2) is 83.8 Å². The number of sulfonamides is 1. The Morgan fingerprint density at radius 1 is 0.970 bits per heavy atom. The predicted molar refractivity (Wildman–Crippen MR) is 137 cm³/mol. The molecular formula is C25H27ClN2O3S2. The van der Waals surface area contributed by atoms with Crippen LogP contribution in [0.5, 0.6) is 0 Å². The number of aryl methyl sites for hydroxylation is 1. The van der Waals surface area contributed by atoms with Gasteiger partial charge < -0.3 is 5.32 Å². The van der Waals surface area contributed by atoms with Gasteiger partial charge in [0.25, 0.3) is 10.0 Å². The lowest BCUT2D eigenvalue weighted by atomic mass is 10.2. The molecule has 5 nitrogen and oxygen atoms in total. The van der Waals surface area contributed by atoms with Gasteiger partial charge in [0, 0.05) is 17.3 Å². The van der Waals surface area contributed by atoms with Gasteiger partial charge >= 0.3 is 0 Å². The van der Waals surface area contributed by atoms with Gasteiger partial charge in [0.05, 0.1) is 10.6 Å². The molecule has 0 atom stereocenters. The third kappa shape index (κ3) is 7.52. The number of rotatable bonds is 11. The van der Waals surface area contributed by atoms with Crippen molar-refractivity contribution in [2.45, 2.75) is 24.0 Å². The largest absolute Gasteiger partial charge is 0.354 e. The lowest BCUT2D eigenvalue weighted by molar-refractivity contribution is -0.119. The summed E-state index contributed by atoms with van der Waals surface area (Å²) in [6, 6.07) is 23.2. The first-order valence-electron chi connectivity index (χ1n) is 10.6. The van der Waals surface area contributed by atoms with Gasteiger partial charge in [-0.25, -0.2) is 8.42 Å². The van der Waals surface area contributed by atoms with Crippen LogP contribution in [0.25, 0.3) is 0 Å². The van der Waals surface area contributed by atoms with Crippen molar-refractivity contribution in [1.82, 2.24) is 5.32 Å². The molecule has 1 N–H and O–H groups in total. The van der Waals surface area contributed by atoms with Gasteiger partial charge in [-0.05, 0) is 61.1 Å². The maximum Gasteiger partial charge on any atom is 0.264 e. The number of benzene rings is 3. The zero-order valence-corrected chi connectivity index (χ0v) is 20.8. The number of halogens is 1. The first kappa shape index (κ1) is 25.1. The normalized spacial score (nSPS) is 11.2. The average molecular weight is 503 g/mol. The molecule has 33 heavy (non-hydrogen) atoms. The van der Waals surface area contributed by atoms with E-state index in [4.69, 9.17) is 11.6 Å². The minimum Gasteiger partial charge on any atom is -0.354 e. The van der Waals surface area contributed by atoms with Gasteiger partial charge in [-0.15, -0.1) is 0 Å². The predicted octanol–water partition coefficient (Wildman–Crippen LogP) is 5.28. The Hall–Kier alpha value is -2.48. The number of hydrogen-bond donors (Lipinski definition) is 1. The Morgan fingerprint density at radius 2 is 1.64 bits per heavy atom.